The maximum absolute atomic E-state index is 5.72. The third-order valence-electron chi connectivity index (χ3n) is 3.72. The minimum atomic E-state index is 0.408. The number of hydrogen-bond acceptors (Lipinski definition) is 2. The molecule has 1 saturated carbocycles. The third kappa shape index (κ3) is 1.75. The average Bonchev–Trinajstić information content (AvgIpc) is 3.10. The second kappa shape index (κ2) is 3.84. The summed E-state index contributed by atoms with van der Waals surface area (Å²) in [7, 11) is 0. The molecule has 0 amide bonds. The van der Waals surface area contributed by atoms with Gasteiger partial charge in [-0.25, -0.2) is 4.98 Å². The number of aromatic nitrogens is 2. The number of fused-ring (bicyclic) bond motifs is 1. The fourth-order valence-corrected chi connectivity index (χ4v) is 2.47. The van der Waals surface area contributed by atoms with Crippen LogP contribution in [0.2, 0.25) is 0 Å². The molecule has 1 aliphatic rings. The molecule has 3 heteroatoms. The second-order valence-electron chi connectivity index (χ2n) is 5.15. The van der Waals surface area contributed by atoms with Crippen molar-refractivity contribution in [1.82, 2.24) is 9.55 Å². The Morgan fingerprint density at radius 3 is 2.88 bits per heavy atom. The minimum Gasteiger partial charge on any atom is -0.330 e. The summed E-state index contributed by atoms with van der Waals surface area (Å²) in [4.78, 5) is 4.67. The summed E-state index contributed by atoms with van der Waals surface area (Å²) >= 11 is 0. The molecule has 1 aromatic carbocycles. The van der Waals surface area contributed by atoms with Gasteiger partial charge in [-0.05, 0) is 49.9 Å². The number of hydrogen-bond donors (Lipinski definition) is 1. The second-order valence-corrected chi connectivity index (χ2v) is 5.15. The van der Waals surface area contributed by atoms with Gasteiger partial charge in [0.2, 0.25) is 0 Å². The summed E-state index contributed by atoms with van der Waals surface area (Å²) in [6.07, 6.45) is 2.60. The van der Waals surface area contributed by atoms with E-state index in [9.17, 15) is 0 Å². The Hall–Kier alpha value is -1.35. The van der Waals surface area contributed by atoms with Crippen LogP contribution in [0.25, 0.3) is 11.0 Å². The normalized spacial score (nSPS) is 17.6. The maximum atomic E-state index is 5.72. The fourth-order valence-electron chi connectivity index (χ4n) is 2.47. The lowest BCUT2D eigenvalue weighted by Gasteiger charge is -2.09. The number of imidazole rings is 1. The molecule has 2 aromatic rings. The molecule has 0 bridgehead atoms. The van der Waals surface area contributed by atoms with Crippen LogP contribution in [0.15, 0.2) is 18.2 Å². The highest BCUT2D eigenvalue weighted by Gasteiger charge is 2.26. The van der Waals surface area contributed by atoms with Gasteiger partial charge in [-0.2, -0.15) is 0 Å². The van der Waals surface area contributed by atoms with Crippen LogP contribution in [-0.4, -0.2) is 16.1 Å². The number of nitrogens with zero attached hydrogens (tertiary/aromatic N) is 2. The molecule has 1 unspecified atom stereocenters. The number of nitrogens with two attached hydrogens (primary N) is 1. The van der Waals surface area contributed by atoms with Gasteiger partial charge in [0.25, 0.3) is 0 Å². The summed E-state index contributed by atoms with van der Waals surface area (Å²) in [6, 6.07) is 7.28. The van der Waals surface area contributed by atoms with Gasteiger partial charge >= 0.3 is 0 Å². The van der Waals surface area contributed by atoms with E-state index in [1.807, 2.05) is 0 Å². The molecule has 0 saturated heterocycles. The van der Waals surface area contributed by atoms with Gasteiger partial charge in [-0.1, -0.05) is 13.0 Å². The summed E-state index contributed by atoms with van der Waals surface area (Å²) < 4.78 is 2.38. The van der Waals surface area contributed by atoms with E-state index in [2.05, 4.69) is 41.6 Å². The average molecular weight is 229 g/mol. The largest absolute Gasteiger partial charge is 0.330 e. The zero-order valence-electron chi connectivity index (χ0n) is 10.5. The summed E-state index contributed by atoms with van der Waals surface area (Å²) in [5, 5.41) is 0. The highest BCUT2D eigenvalue weighted by Crippen LogP contribution is 2.38. The smallest absolute Gasteiger partial charge is 0.106 e. The highest BCUT2D eigenvalue weighted by molar-refractivity contribution is 5.77. The third-order valence-corrected chi connectivity index (χ3v) is 3.72. The summed E-state index contributed by atoms with van der Waals surface area (Å²) in [5.41, 5.74) is 9.40. The summed E-state index contributed by atoms with van der Waals surface area (Å²) in [6.45, 7) is 4.95. The Balaban J connectivity index is 2.12. The van der Waals surface area contributed by atoms with Gasteiger partial charge in [0.1, 0.15) is 5.82 Å². The molecule has 0 radical (unpaired) electrons. The Kier molecular flexibility index (Phi) is 2.44. The fraction of sp³-hybridized carbons (Fsp3) is 0.500. The van der Waals surface area contributed by atoms with Crippen molar-refractivity contribution >= 4 is 11.0 Å². The van der Waals surface area contributed by atoms with Crippen molar-refractivity contribution in [3.63, 3.8) is 0 Å². The van der Waals surface area contributed by atoms with Gasteiger partial charge in [-0.15, -0.1) is 0 Å². The lowest BCUT2D eigenvalue weighted by molar-refractivity contribution is 0.733. The lowest BCUT2D eigenvalue weighted by Crippen LogP contribution is -2.08. The first-order valence-electron chi connectivity index (χ1n) is 6.39. The van der Waals surface area contributed by atoms with Crippen LogP contribution in [0.5, 0.6) is 0 Å². The van der Waals surface area contributed by atoms with Crippen molar-refractivity contribution in [3.8, 4) is 0 Å². The van der Waals surface area contributed by atoms with E-state index in [0.29, 0.717) is 18.5 Å². The molecule has 0 spiro atoms. The quantitative estimate of drug-likeness (QED) is 0.879. The van der Waals surface area contributed by atoms with Crippen LogP contribution in [0.1, 0.15) is 43.1 Å². The standard InChI is InChI=1S/C14H19N3/c1-9(8-15)11-3-6-14-13(7-11)16-10(2)17(14)12-4-5-12/h3,6-7,9,12H,4-5,8,15H2,1-2H3. The molecule has 2 N–H and O–H groups in total. The van der Waals surface area contributed by atoms with Gasteiger partial charge in [-0.3, -0.25) is 0 Å². The Labute approximate surface area is 102 Å². The molecule has 1 aliphatic carbocycles. The first-order chi connectivity index (χ1) is 8.20. The predicted octanol–water partition coefficient (Wildman–Crippen LogP) is 2.74. The van der Waals surface area contributed by atoms with E-state index < -0.39 is 0 Å². The number of rotatable bonds is 3. The topological polar surface area (TPSA) is 43.8 Å². The Bertz CT molecular complexity index is 552. The van der Waals surface area contributed by atoms with E-state index in [4.69, 9.17) is 5.73 Å². The lowest BCUT2D eigenvalue weighted by atomic mass is 10.0. The van der Waals surface area contributed by atoms with Crippen molar-refractivity contribution in [2.24, 2.45) is 5.73 Å². The van der Waals surface area contributed by atoms with E-state index in [1.54, 1.807) is 0 Å². The minimum absolute atomic E-state index is 0.408. The van der Waals surface area contributed by atoms with Gasteiger partial charge in [0.15, 0.2) is 0 Å². The van der Waals surface area contributed by atoms with E-state index in [1.165, 1.54) is 23.9 Å². The van der Waals surface area contributed by atoms with Gasteiger partial charge < -0.3 is 10.3 Å². The highest BCUT2D eigenvalue weighted by atomic mass is 15.1. The first kappa shape index (κ1) is 10.8. The van der Waals surface area contributed by atoms with Crippen LogP contribution in [0.4, 0.5) is 0 Å². The van der Waals surface area contributed by atoms with Crippen molar-refractivity contribution < 1.29 is 0 Å². The molecular weight excluding hydrogens is 210 g/mol. The van der Waals surface area contributed by atoms with E-state index >= 15 is 0 Å². The maximum Gasteiger partial charge on any atom is 0.106 e. The number of benzene rings is 1. The molecule has 1 fully saturated rings. The van der Waals surface area contributed by atoms with Crippen LogP contribution in [-0.2, 0) is 0 Å². The number of aryl methyl sites for hydroxylation is 1. The molecule has 0 aliphatic heterocycles. The van der Waals surface area contributed by atoms with Gasteiger partial charge in [0, 0.05) is 6.04 Å². The SMILES string of the molecule is Cc1nc2cc(C(C)CN)ccc2n1C1CC1. The molecule has 3 nitrogen and oxygen atoms in total. The first-order valence-corrected chi connectivity index (χ1v) is 6.39. The molecule has 1 heterocycles. The van der Waals surface area contributed by atoms with Crippen molar-refractivity contribution in [1.29, 1.82) is 0 Å². The monoisotopic (exact) mass is 229 g/mol. The van der Waals surface area contributed by atoms with Crippen LogP contribution >= 0.6 is 0 Å². The molecule has 17 heavy (non-hydrogen) atoms. The van der Waals surface area contributed by atoms with Crippen molar-refractivity contribution in [2.75, 3.05) is 6.54 Å². The summed E-state index contributed by atoms with van der Waals surface area (Å²) in [5.74, 6) is 1.55. The molecular formula is C14H19N3. The Morgan fingerprint density at radius 1 is 1.47 bits per heavy atom. The predicted molar refractivity (Wildman–Crippen MR) is 70.2 cm³/mol. The Morgan fingerprint density at radius 2 is 2.24 bits per heavy atom. The van der Waals surface area contributed by atoms with Crippen molar-refractivity contribution in [2.45, 2.75) is 38.6 Å². The van der Waals surface area contributed by atoms with Crippen molar-refractivity contribution in [3.05, 3.63) is 29.6 Å². The molecule has 90 valence electrons. The molecule has 1 atom stereocenters. The van der Waals surface area contributed by atoms with Crippen LogP contribution < -0.4 is 5.73 Å². The zero-order valence-corrected chi connectivity index (χ0v) is 10.5. The van der Waals surface area contributed by atoms with E-state index in [0.717, 1.165) is 11.3 Å². The molecule has 3 rings (SSSR count). The zero-order chi connectivity index (χ0) is 12.0. The van der Waals surface area contributed by atoms with Gasteiger partial charge in [0.05, 0.1) is 11.0 Å². The van der Waals surface area contributed by atoms with E-state index in [-0.39, 0.29) is 0 Å². The van der Waals surface area contributed by atoms with Crippen LogP contribution in [0.3, 0.4) is 0 Å². The molecule has 1 aromatic heterocycles. The van der Waals surface area contributed by atoms with Crippen LogP contribution in [0, 0.1) is 6.92 Å².